The topological polar surface area (TPSA) is 134 Å². The number of nitriles is 2. The second-order valence-corrected chi connectivity index (χ2v) is 10.0. The fourth-order valence-electron chi connectivity index (χ4n) is 2.90. The van der Waals surface area contributed by atoms with E-state index in [0.29, 0.717) is 36.0 Å². The molecule has 0 heterocycles. The molecule has 0 aromatic heterocycles. The van der Waals surface area contributed by atoms with Crippen LogP contribution in [0.15, 0.2) is 27.3 Å². The Hall–Kier alpha value is -2.62. The summed E-state index contributed by atoms with van der Waals surface area (Å²) >= 11 is 4.68. The van der Waals surface area contributed by atoms with Crippen molar-refractivity contribution in [2.24, 2.45) is 22.6 Å². The predicted molar refractivity (Wildman–Crippen MR) is 154 cm³/mol. The molecule has 6 N–H and O–H groups in total. The first-order valence-electron chi connectivity index (χ1n) is 12.1. The Morgan fingerprint density at radius 2 is 1.20 bits per heavy atom. The van der Waals surface area contributed by atoms with Crippen molar-refractivity contribution in [2.75, 3.05) is 13.1 Å². The van der Waals surface area contributed by atoms with Gasteiger partial charge in [-0.3, -0.25) is 10.6 Å². The molecule has 200 valence electrons. The standard InChI is InChI=1S/C13H24N4.C8H17N.C5H9N3S/c1-9(2)12(10(3)4)7-15-13(16-8-14)17-11(5)6;1-6(2)8(5-9)7(3)4;1-4(2)8-5(9)7-3-6/h9,11H,7H2,1-6H3,(H2,15,16,17);6H,5,9H2,1-4H3;4H,1-2H3,(H2,7,8,9). The molecule has 0 aromatic carbocycles. The molecule has 0 aliphatic rings. The van der Waals surface area contributed by atoms with Gasteiger partial charge in [-0.15, -0.1) is 0 Å². The van der Waals surface area contributed by atoms with Crippen LogP contribution in [0.2, 0.25) is 0 Å². The van der Waals surface area contributed by atoms with Gasteiger partial charge in [0.25, 0.3) is 0 Å². The van der Waals surface area contributed by atoms with Crippen LogP contribution in [0.3, 0.4) is 0 Å². The summed E-state index contributed by atoms with van der Waals surface area (Å²) < 4.78 is 0. The summed E-state index contributed by atoms with van der Waals surface area (Å²) in [6.07, 6.45) is 3.62. The van der Waals surface area contributed by atoms with Crippen LogP contribution < -0.4 is 27.0 Å². The zero-order chi connectivity index (χ0) is 28.1. The molecule has 9 heteroatoms. The number of hydrogen-bond donors (Lipinski definition) is 5. The number of hydrogen-bond acceptors (Lipinski definition) is 5. The summed E-state index contributed by atoms with van der Waals surface area (Å²) in [5.74, 6) is 1.63. The fraction of sp³-hybridized carbons (Fsp3) is 0.692. The molecule has 0 spiro atoms. The minimum atomic E-state index is 0.254. The van der Waals surface area contributed by atoms with Crippen LogP contribution in [0.4, 0.5) is 0 Å². The second kappa shape index (κ2) is 21.9. The highest BCUT2D eigenvalue weighted by atomic mass is 32.1. The third kappa shape index (κ3) is 22.9. The van der Waals surface area contributed by atoms with Gasteiger partial charge in [-0.05, 0) is 85.0 Å². The molecule has 0 fully saturated rings. The van der Waals surface area contributed by atoms with Gasteiger partial charge in [-0.25, -0.2) is 4.99 Å². The molecule has 0 rings (SSSR count). The molecule has 0 saturated carbocycles. The number of thiocarbonyl (C=S) groups is 1. The van der Waals surface area contributed by atoms with Crippen LogP contribution in [0.25, 0.3) is 0 Å². The quantitative estimate of drug-likeness (QED) is 0.0839. The summed E-state index contributed by atoms with van der Waals surface area (Å²) in [6, 6.07) is 0.530. The lowest BCUT2D eigenvalue weighted by Gasteiger charge is -2.14. The SMILES string of the molecule is CC(C)=C(CN)C(C)C.CC(C)=C(CN=C(NC#N)NC(C)C)C(C)C.CC(C)NC(=S)NC#N. The first-order chi connectivity index (χ1) is 16.1. The lowest BCUT2D eigenvalue weighted by atomic mass is 9.99. The van der Waals surface area contributed by atoms with Crippen molar-refractivity contribution >= 4 is 23.3 Å². The highest BCUT2D eigenvalue weighted by Gasteiger charge is 2.06. The number of allylic oxidation sites excluding steroid dienone is 2. The minimum absolute atomic E-state index is 0.254. The van der Waals surface area contributed by atoms with Gasteiger partial charge < -0.3 is 16.4 Å². The van der Waals surface area contributed by atoms with Crippen LogP contribution in [0.1, 0.15) is 83.1 Å². The normalized spacial score (nSPS) is 10.2. The van der Waals surface area contributed by atoms with E-state index in [9.17, 15) is 0 Å². The predicted octanol–water partition coefficient (Wildman–Crippen LogP) is 4.68. The van der Waals surface area contributed by atoms with Crippen LogP contribution in [-0.4, -0.2) is 36.2 Å². The summed E-state index contributed by atoms with van der Waals surface area (Å²) in [4.78, 5) is 4.41. The molecule has 0 aliphatic heterocycles. The summed E-state index contributed by atoms with van der Waals surface area (Å²) in [5.41, 5.74) is 10.9. The Kier molecular flexibility index (Phi) is 23.1. The third-order valence-electron chi connectivity index (χ3n) is 4.49. The summed E-state index contributed by atoms with van der Waals surface area (Å²) in [7, 11) is 0. The molecule has 8 nitrogen and oxygen atoms in total. The monoisotopic (exact) mass is 506 g/mol. The van der Waals surface area contributed by atoms with E-state index in [2.05, 4.69) is 93.9 Å². The molecule has 0 saturated heterocycles. The highest BCUT2D eigenvalue weighted by Crippen LogP contribution is 2.14. The molecule has 35 heavy (non-hydrogen) atoms. The van der Waals surface area contributed by atoms with E-state index >= 15 is 0 Å². The zero-order valence-corrected chi connectivity index (χ0v) is 24.9. The smallest absolute Gasteiger partial charge is 0.205 e. The number of nitrogens with one attached hydrogen (secondary N) is 4. The molecule has 0 radical (unpaired) electrons. The third-order valence-corrected chi connectivity index (χ3v) is 4.71. The zero-order valence-electron chi connectivity index (χ0n) is 24.1. The van der Waals surface area contributed by atoms with E-state index in [1.54, 1.807) is 6.19 Å². The molecular weight excluding hydrogens is 456 g/mol. The average Bonchev–Trinajstić information content (AvgIpc) is 2.67. The van der Waals surface area contributed by atoms with E-state index in [-0.39, 0.29) is 12.1 Å². The van der Waals surface area contributed by atoms with Crippen molar-refractivity contribution < 1.29 is 0 Å². The van der Waals surface area contributed by atoms with Crippen molar-refractivity contribution in [1.29, 1.82) is 10.5 Å². The lowest BCUT2D eigenvalue weighted by Crippen LogP contribution is -2.39. The van der Waals surface area contributed by atoms with Crippen molar-refractivity contribution in [3.8, 4) is 12.4 Å². The number of nitrogens with zero attached hydrogens (tertiary/aromatic N) is 3. The van der Waals surface area contributed by atoms with Crippen molar-refractivity contribution in [2.45, 2.75) is 95.2 Å². The van der Waals surface area contributed by atoms with Gasteiger partial charge in [-0.2, -0.15) is 10.5 Å². The first kappa shape index (κ1) is 36.9. The van der Waals surface area contributed by atoms with Gasteiger partial charge in [0.05, 0.1) is 6.54 Å². The number of rotatable bonds is 7. The van der Waals surface area contributed by atoms with Gasteiger partial charge in [0.2, 0.25) is 5.96 Å². The maximum absolute atomic E-state index is 8.64. The van der Waals surface area contributed by atoms with E-state index in [0.717, 1.165) is 0 Å². The Morgan fingerprint density at radius 3 is 1.46 bits per heavy atom. The molecule has 0 aliphatic carbocycles. The Labute approximate surface area is 220 Å². The number of aliphatic imine (C=N–C) groups is 1. The van der Waals surface area contributed by atoms with Crippen LogP contribution in [-0.2, 0) is 0 Å². The number of nitrogens with two attached hydrogens (primary N) is 1. The first-order valence-corrected chi connectivity index (χ1v) is 12.5. The van der Waals surface area contributed by atoms with Crippen molar-refractivity contribution in [1.82, 2.24) is 21.3 Å². The van der Waals surface area contributed by atoms with Crippen molar-refractivity contribution in [3.63, 3.8) is 0 Å². The summed E-state index contributed by atoms with van der Waals surface area (Å²) in [5, 5.41) is 27.9. The second-order valence-electron chi connectivity index (χ2n) is 9.63. The molecule has 0 amide bonds. The van der Waals surface area contributed by atoms with Gasteiger partial charge >= 0.3 is 0 Å². The van der Waals surface area contributed by atoms with Crippen molar-refractivity contribution in [3.05, 3.63) is 22.3 Å². The van der Waals surface area contributed by atoms with Gasteiger partial charge in [-0.1, -0.05) is 44.4 Å². The van der Waals surface area contributed by atoms with E-state index in [1.165, 1.54) is 22.3 Å². The molecule has 0 unspecified atom stereocenters. The van der Waals surface area contributed by atoms with Gasteiger partial charge in [0.1, 0.15) is 0 Å². The Balaban J connectivity index is -0.000000481. The molecular formula is C26H50N8S. The number of guanidine groups is 1. The maximum atomic E-state index is 8.64. The van der Waals surface area contributed by atoms with E-state index in [1.807, 2.05) is 33.9 Å². The fourth-order valence-corrected chi connectivity index (χ4v) is 3.18. The maximum Gasteiger partial charge on any atom is 0.205 e. The van der Waals surface area contributed by atoms with E-state index < -0.39 is 0 Å². The lowest BCUT2D eigenvalue weighted by molar-refractivity contribution is 0.705. The molecule has 0 bridgehead atoms. The summed E-state index contributed by atoms with van der Waals surface area (Å²) in [6.45, 7) is 26.3. The largest absolute Gasteiger partial charge is 0.360 e. The van der Waals surface area contributed by atoms with Crippen LogP contribution in [0, 0.1) is 34.7 Å². The molecule has 0 aromatic rings. The van der Waals surface area contributed by atoms with Gasteiger partial charge in [0.15, 0.2) is 17.5 Å². The minimum Gasteiger partial charge on any atom is -0.360 e. The molecule has 0 atom stereocenters. The van der Waals surface area contributed by atoms with Gasteiger partial charge in [0, 0.05) is 18.6 Å². The Morgan fingerprint density at radius 1 is 0.771 bits per heavy atom. The Bertz CT molecular complexity index is 770. The van der Waals surface area contributed by atoms with Crippen LogP contribution in [0.5, 0.6) is 0 Å². The average molecular weight is 507 g/mol. The van der Waals surface area contributed by atoms with E-state index in [4.69, 9.17) is 16.3 Å². The van der Waals surface area contributed by atoms with Crippen LogP contribution >= 0.6 is 12.2 Å². The highest BCUT2D eigenvalue weighted by molar-refractivity contribution is 7.80.